The summed E-state index contributed by atoms with van der Waals surface area (Å²) in [5.41, 5.74) is 0.784. The Kier molecular flexibility index (Phi) is 3.03. The first kappa shape index (κ1) is 9.74. The summed E-state index contributed by atoms with van der Waals surface area (Å²) in [4.78, 5) is 9.96. The Hall–Kier alpha value is -1.35. The molecule has 3 nitrogen and oxygen atoms in total. The topological polar surface area (TPSA) is 43.1 Å². The van der Waals surface area contributed by atoms with Crippen LogP contribution in [0.2, 0.25) is 5.02 Å². The number of rotatable bonds is 3. The minimum absolute atomic E-state index is 0.0567. The minimum Gasteiger partial charge on any atom is -0.258 e. The Morgan fingerprint density at radius 3 is 2.85 bits per heavy atom. The molecule has 68 valence electrons. The van der Waals surface area contributed by atoms with E-state index in [1.165, 1.54) is 18.2 Å². The number of non-ortho nitro benzene ring substituents is 1. The molecule has 0 saturated carbocycles. The molecule has 1 rings (SSSR count). The fourth-order valence-corrected chi connectivity index (χ4v) is 1.18. The lowest BCUT2D eigenvalue weighted by Gasteiger charge is -1.99. The summed E-state index contributed by atoms with van der Waals surface area (Å²) in [6, 6.07) is 4.37. The van der Waals surface area contributed by atoms with Gasteiger partial charge in [0.1, 0.15) is 0 Å². The van der Waals surface area contributed by atoms with E-state index in [-0.39, 0.29) is 5.69 Å². The van der Waals surface area contributed by atoms with E-state index in [2.05, 4.69) is 6.58 Å². The highest BCUT2D eigenvalue weighted by Crippen LogP contribution is 2.22. The zero-order valence-corrected chi connectivity index (χ0v) is 7.62. The molecule has 4 heteroatoms. The molecule has 0 aliphatic rings. The van der Waals surface area contributed by atoms with Gasteiger partial charge >= 0.3 is 0 Å². The monoisotopic (exact) mass is 197 g/mol. The van der Waals surface area contributed by atoms with Crippen molar-refractivity contribution < 1.29 is 4.92 Å². The first-order valence-corrected chi connectivity index (χ1v) is 4.06. The quantitative estimate of drug-likeness (QED) is 0.425. The van der Waals surface area contributed by atoms with Crippen LogP contribution in [0.4, 0.5) is 5.69 Å². The summed E-state index contributed by atoms with van der Waals surface area (Å²) in [5, 5.41) is 10.9. The van der Waals surface area contributed by atoms with E-state index in [1.807, 2.05) is 0 Å². The zero-order chi connectivity index (χ0) is 9.84. The molecule has 1 aromatic carbocycles. The Morgan fingerprint density at radius 2 is 2.31 bits per heavy atom. The van der Waals surface area contributed by atoms with Crippen LogP contribution in [0.1, 0.15) is 5.56 Å². The van der Waals surface area contributed by atoms with Gasteiger partial charge in [0, 0.05) is 17.2 Å². The highest BCUT2D eigenvalue weighted by atomic mass is 35.5. The van der Waals surface area contributed by atoms with Crippen LogP contribution in [0.5, 0.6) is 0 Å². The fourth-order valence-electron chi connectivity index (χ4n) is 0.987. The smallest absolute Gasteiger partial charge is 0.258 e. The van der Waals surface area contributed by atoms with Gasteiger partial charge in [-0.25, -0.2) is 0 Å². The van der Waals surface area contributed by atoms with Gasteiger partial charge < -0.3 is 0 Å². The van der Waals surface area contributed by atoms with Crippen LogP contribution in [-0.4, -0.2) is 4.92 Å². The molecule has 0 aliphatic heterocycles. The highest BCUT2D eigenvalue weighted by Gasteiger charge is 2.07. The van der Waals surface area contributed by atoms with Gasteiger partial charge in [0.2, 0.25) is 0 Å². The molecule has 0 bridgehead atoms. The van der Waals surface area contributed by atoms with Crippen LogP contribution in [0.3, 0.4) is 0 Å². The molecule has 0 aromatic heterocycles. The number of nitrogens with zero attached hydrogens (tertiary/aromatic N) is 1. The summed E-state index contributed by atoms with van der Waals surface area (Å²) in [7, 11) is 0. The van der Waals surface area contributed by atoms with Gasteiger partial charge in [-0.05, 0) is 18.1 Å². The van der Waals surface area contributed by atoms with E-state index >= 15 is 0 Å². The van der Waals surface area contributed by atoms with E-state index in [4.69, 9.17) is 11.6 Å². The normalized spacial score (nSPS) is 9.62. The predicted molar refractivity (Wildman–Crippen MR) is 52.0 cm³/mol. The Bertz CT molecular complexity index is 349. The van der Waals surface area contributed by atoms with Gasteiger partial charge in [-0.15, -0.1) is 6.58 Å². The van der Waals surface area contributed by atoms with Gasteiger partial charge in [-0.3, -0.25) is 10.1 Å². The summed E-state index contributed by atoms with van der Waals surface area (Å²) in [6.07, 6.45) is 2.20. The first-order chi connectivity index (χ1) is 6.15. The summed E-state index contributed by atoms with van der Waals surface area (Å²) in [6.45, 7) is 3.54. The molecule has 0 saturated heterocycles. The number of hydrogen-bond acceptors (Lipinski definition) is 2. The number of benzene rings is 1. The van der Waals surface area contributed by atoms with Gasteiger partial charge in [0.25, 0.3) is 5.69 Å². The second-order valence-corrected chi connectivity index (χ2v) is 2.93. The molecule has 0 fully saturated rings. The summed E-state index contributed by atoms with van der Waals surface area (Å²) >= 11 is 5.81. The SMILES string of the molecule is C=CCc1cc([N+](=O)[O-])ccc1Cl. The third kappa shape index (κ3) is 2.29. The molecule has 0 amide bonds. The lowest BCUT2D eigenvalue weighted by molar-refractivity contribution is -0.384. The molecule has 1 aromatic rings. The number of hydrogen-bond donors (Lipinski definition) is 0. The van der Waals surface area contributed by atoms with Crippen molar-refractivity contribution in [1.82, 2.24) is 0 Å². The van der Waals surface area contributed by atoms with Crippen molar-refractivity contribution in [3.8, 4) is 0 Å². The number of allylic oxidation sites excluding steroid dienone is 1. The predicted octanol–water partition coefficient (Wildman–Crippen LogP) is 2.98. The van der Waals surface area contributed by atoms with Crippen LogP contribution >= 0.6 is 11.6 Å². The average Bonchev–Trinajstić information content (AvgIpc) is 2.08. The van der Waals surface area contributed by atoms with Crippen LogP contribution in [0, 0.1) is 10.1 Å². The highest BCUT2D eigenvalue weighted by molar-refractivity contribution is 6.31. The zero-order valence-electron chi connectivity index (χ0n) is 6.87. The van der Waals surface area contributed by atoms with E-state index in [1.54, 1.807) is 6.08 Å². The maximum atomic E-state index is 10.4. The summed E-state index contributed by atoms with van der Waals surface area (Å²) < 4.78 is 0. The molecule has 0 spiro atoms. The van der Waals surface area contributed by atoms with Gasteiger partial charge in [-0.2, -0.15) is 0 Å². The first-order valence-electron chi connectivity index (χ1n) is 3.69. The lowest BCUT2D eigenvalue weighted by Crippen LogP contribution is -1.90. The Labute approximate surface area is 80.8 Å². The minimum atomic E-state index is -0.442. The molecule has 0 aliphatic carbocycles. The van der Waals surface area contributed by atoms with Crippen LogP contribution in [-0.2, 0) is 6.42 Å². The van der Waals surface area contributed by atoms with Crippen molar-refractivity contribution in [2.45, 2.75) is 6.42 Å². The number of nitro groups is 1. The largest absolute Gasteiger partial charge is 0.269 e. The molecule has 0 N–H and O–H groups in total. The molecule has 0 atom stereocenters. The van der Waals surface area contributed by atoms with Gasteiger partial charge in [0.15, 0.2) is 0 Å². The van der Waals surface area contributed by atoms with E-state index in [0.29, 0.717) is 11.4 Å². The van der Waals surface area contributed by atoms with E-state index in [9.17, 15) is 10.1 Å². The standard InChI is InChI=1S/C9H8ClNO2/c1-2-3-7-6-8(11(12)13)4-5-9(7)10/h2,4-6H,1,3H2. The van der Waals surface area contributed by atoms with Crippen LogP contribution < -0.4 is 0 Å². The van der Waals surface area contributed by atoms with Gasteiger partial charge in [-0.1, -0.05) is 17.7 Å². The second kappa shape index (κ2) is 4.05. The molecule has 0 radical (unpaired) electrons. The van der Waals surface area contributed by atoms with E-state index in [0.717, 1.165) is 5.56 Å². The molecular formula is C9H8ClNO2. The van der Waals surface area contributed by atoms with Crippen LogP contribution in [0.25, 0.3) is 0 Å². The lowest BCUT2D eigenvalue weighted by atomic mass is 10.1. The molecule has 13 heavy (non-hydrogen) atoms. The van der Waals surface area contributed by atoms with Crippen LogP contribution in [0.15, 0.2) is 30.9 Å². The van der Waals surface area contributed by atoms with Gasteiger partial charge in [0.05, 0.1) is 4.92 Å². The average molecular weight is 198 g/mol. The second-order valence-electron chi connectivity index (χ2n) is 2.53. The van der Waals surface area contributed by atoms with Crippen molar-refractivity contribution in [1.29, 1.82) is 0 Å². The third-order valence-corrected chi connectivity index (χ3v) is 1.97. The fraction of sp³-hybridized carbons (Fsp3) is 0.111. The maximum absolute atomic E-state index is 10.4. The van der Waals surface area contributed by atoms with Crippen molar-refractivity contribution in [2.75, 3.05) is 0 Å². The van der Waals surface area contributed by atoms with Crippen molar-refractivity contribution in [3.63, 3.8) is 0 Å². The van der Waals surface area contributed by atoms with Crippen molar-refractivity contribution in [2.24, 2.45) is 0 Å². The number of nitro benzene ring substituents is 1. The molecular weight excluding hydrogens is 190 g/mol. The Morgan fingerprint density at radius 1 is 1.62 bits per heavy atom. The van der Waals surface area contributed by atoms with Crippen molar-refractivity contribution >= 4 is 17.3 Å². The molecule has 0 heterocycles. The van der Waals surface area contributed by atoms with Crippen molar-refractivity contribution in [3.05, 3.63) is 51.6 Å². The maximum Gasteiger partial charge on any atom is 0.269 e. The number of halogens is 1. The Balaban J connectivity index is 3.10. The van der Waals surface area contributed by atoms with E-state index < -0.39 is 4.92 Å². The summed E-state index contributed by atoms with van der Waals surface area (Å²) in [5.74, 6) is 0. The third-order valence-electron chi connectivity index (χ3n) is 1.60. The molecule has 0 unspecified atom stereocenters.